The zero-order valence-electron chi connectivity index (χ0n) is 18.2. The summed E-state index contributed by atoms with van der Waals surface area (Å²) in [4.78, 5) is 0. The van der Waals surface area contributed by atoms with E-state index in [1.165, 1.54) is 116 Å². The molecule has 4 heteroatoms. The minimum atomic E-state index is -3.75. The van der Waals surface area contributed by atoms with E-state index in [1.807, 2.05) is 0 Å². The SMILES string of the molecule is CCCCCCCCCCCCCCCCCCCCCCCS(=O)(=O)O. The van der Waals surface area contributed by atoms with Crippen molar-refractivity contribution in [1.29, 1.82) is 0 Å². The Kier molecular flexibility index (Phi) is 20.6. The first-order valence-corrected chi connectivity index (χ1v) is 13.6. The van der Waals surface area contributed by atoms with Gasteiger partial charge in [-0.25, -0.2) is 0 Å². The lowest BCUT2D eigenvalue weighted by molar-refractivity contribution is 0.478. The first kappa shape index (κ1) is 26.9. The van der Waals surface area contributed by atoms with E-state index in [4.69, 9.17) is 4.55 Å². The van der Waals surface area contributed by atoms with E-state index in [2.05, 4.69) is 6.92 Å². The summed E-state index contributed by atoms with van der Waals surface area (Å²) < 4.78 is 29.8. The third kappa shape index (κ3) is 25.9. The molecule has 0 aromatic rings. The van der Waals surface area contributed by atoms with Crippen molar-refractivity contribution in [2.24, 2.45) is 0 Å². The molecule has 0 aromatic heterocycles. The van der Waals surface area contributed by atoms with Crippen LogP contribution in [0.3, 0.4) is 0 Å². The van der Waals surface area contributed by atoms with Crippen LogP contribution in [0.1, 0.15) is 142 Å². The van der Waals surface area contributed by atoms with Gasteiger partial charge in [-0.2, -0.15) is 8.42 Å². The van der Waals surface area contributed by atoms with E-state index in [-0.39, 0.29) is 5.75 Å². The van der Waals surface area contributed by atoms with Gasteiger partial charge in [-0.1, -0.05) is 135 Å². The summed E-state index contributed by atoms with van der Waals surface area (Å²) in [7, 11) is -3.75. The molecule has 0 aromatic carbocycles. The summed E-state index contributed by atoms with van der Waals surface area (Å²) >= 11 is 0. The lowest BCUT2D eigenvalue weighted by Crippen LogP contribution is -2.03. The Bertz CT molecular complexity index is 379. The minimum absolute atomic E-state index is 0.0773. The van der Waals surface area contributed by atoms with Crippen molar-refractivity contribution in [1.82, 2.24) is 0 Å². The number of hydrogen-bond acceptors (Lipinski definition) is 2. The highest BCUT2D eigenvalue weighted by Crippen LogP contribution is 2.15. The predicted molar refractivity (Wildman–Crippen MR) is 119 cm³/mol. The van der Waals surface area contributed by atoms with Crippen LogP contribution in [0.15, 0.2) is 0 Å². The van der Waals surface area contributed by atoms with Gasteiger partial charge in [-0.05, 0) is 6.42 Å². The summed E-state index contributed by atoms with van der Waals surface area (Å²) in [5.41, 5.74) is 0. The Morgan fingerprint density at radius 2 is 0.667 bits per heavy atom. The number of hydrogen-bond donors (Lipinski definition) is 1. The maximum Gasteiger partial charge on any atom is 0.264 e. The van der Waals surface area contributed by atoms with Gasteiger partial charge in [-0.3, -0.25) is 4.55 Å². The third-order valence-electron chi connectivity index (χ3n) is 5.51. The lowest BCUT2D eigenvalue weighted by Gasteiger charge is -2.04. The smallest absolute Gasteiger partial charge is 0.264 e. The van der Waals surface area contributed by atoms with Crippen LogP contribution in [0.5, 0.6) is 0 Å². The average molecular weight is 405 g/mol. The molecule has 0 aliphatic carbocycles. The molecular weight excluding hydrogens is 356 g/mol. The highest BCUT2D eigenvalue weighted by atomic mass is 32.2. The van der Waals surface area contributed by atoms with Crippen LogP contribution in [-0.2, 0) is 10.1 Å². The molecule has 0 heterocycles. The summed E-state index contributed by atoms with van der Waals surface area (Å²) in [6.45, 7) is 2.28. The molecule has 0 saturated carbocycles. The topological polar surface area (TPSA) is 54.4 Å². The summed E-state index contributed by atoms with van der Waals surface area (Å²) in [6, 6.07) is 0. The molecule has 164 valence electrons. The van der Waals surface area contributed by atoms with Crippen molar-refractivity contribution < 1.29 is 13.0 Å². The third-order valence-corrected chi connectivity index (χ3v) is 6.31. The van der Waals surface area contributed by atoms with E-state index in [1.54, 1.807) is 0 Å². The molecule has 0 fully saturated rings. The monoisotopic (exact) mass is 404 g/mol. The van der Waals surface area contributed by atoms with E-state index >= 15 is 0 Å². The molecule has 0 aliphatic rings. The molecular formula is C23H48O3S. The second-order valence-corrected chi connectivity index (χ2v) is 9.93. The Morgan fingerprint density at radius 1 is 0.444 bits per heavy atom. The van der Waals surface area contributed by atoms with Gasteiger partial charge in [0.05, 0.1) is 5.75 Å². The van der Waals surface area contributed by atoms with E-state index in [9.17, 15) is 8.42 Å². The first-order valence-electron chi connectivity index (χ1n) is 12.0. The van der Waals surface area contributed by atoms with Crippen molar-refractivity contribution in [2.45, 2.75) is 142 Å². The molecule has 0 spiro atoms. The Labute approximate surface area is 170 Å². The first-order chi connectivity index (χ1) is 13.1. The summed E-state index contributed by atoms with van der Waals surface area (Å²) in [5, 5.41) is 0. The van der Waals surface area contributed by atoms with Gasteiger partial charge in [0.25, 0.3) is 10.1 Å². The largest absolute Gasteiger partial charge is 0.286 e. The second kappa shape index (κ2) is 20.6. The van der Waals surface area contributed by atoms with Crippen molar-refractivity contribution in [3.8, 4) is 0 Å². The summed E-state index contributed by atoms with van der Waals surface area (Å²) in [6.07, 6.45) is 27.6. The van der Waals surface area contributed by atoms with Gasteiger partial charge in [0, 0.05) is 0 Å². The maximum absolute atomic E-state index is 10.6. The van der Waals surface area contributed by atoms with Crippen LogP contribution in [0.25, 0.3) is 0 Å². The lowest BCUT2D eigenvalue weighted by atomic mass is 10.0. The van der Waals surface area contributed by atoms with Crippen molar-refractivity contribution in [3.05, 3.63) is 0 Å². The molecule has 0 bridgehead atoms. The van der Waals surface area contributed by atoms with Crippen LogP contribution in [0, 0.1) is 0 Å². The van der Waals surface area contributed by atoms with Gasteiger partial charge >= 0.3 is 0 Å². The fraction of sp³-hybridized carbons (Fsp3) is 1.00. The molecule has 1 N–H and O–H groups in total. The van der Waals surface area contributed by atoms with E-state index in [0.717, 1.165) is 12.8 Å². The van der Waals surface area contributed by atoms with Gasteiger partial charge in [0.15, 0.2) is 0 Å². The van der Waals surface area contributed by atoms with Crippen LogP contribution in [-0.4, -0.2) is 18.7 Å². The van der Waals surface area contributed by atoms with Crippen molar-refractivity contribution >= 4 is 10.1 Å². The molecule has 27 heavy (non-hydrogen) atoms. The Hall–Kier alpha value is -0.0900. The molecule has 0 aliphatic heterocycles. The molecule has 0 unspecified atom stereocenters. The number of unbranched alkanes of at least 4 members (excludes halogenated alkanes) is 20. The quantitative estimate of drug-likeness (QED) is 0.146. The van der Waals surface area contributed by atoms with Crippen LogP contribution in [0.4, 0.5) is 0 Å². The molecule has 0 rings (SSSR count). The maximum atomic E-state index is 10.6. The Morgan fingerprint density at radius 3 is 0.889 bits per heavy atom. The zero-order valence-corrected chi connectivity index (χ0v) is 19.0. The van der Waals surface area contributed by atoms with Gasteiger partial charge in [-0.15, -0.1) is 0 Å². The highest BCUT2D eigenvalue weighted by Gasteiger charge is 2.02. The average Bonchev–Trinajstić information content (AvgIpc) is 2.62. The van der Waals surface area contributed by atoms with Crippen LogP contribution in [0.2, 0.25) is 0 Å². The zero-order chi connectivity index (χ0) is 20.1. The van der Waals surface area contributed by atoms with Crippen molar-refractivity contribution in [3.63, 3.8) is 0 Å². The molecule has 3 nitrogen and oxygen atoms in total. The molecule has 0 radical (unpaired) electrons. The standard InChI is InChI=1S/C23H48O3S/c1-2-3-4-5-6-7-8-9-10-11-12-13-14-15-16-17-18-19-20-21-22-23-27(24,25)26/h2-23H2,1H3,(H,24,25,26). The summed E-state index contributed by atoms with van der Waals surface area (Å²) in [5.74, 6) is -0.0773. The van der Waals surface area contributed by atoms with Crippen molar-refractivity contribution in [2.75, 3.05) is 5.75 Å². The van der Waals surface area contributed by atoms with Crippen LogP contribution < -0.4 is 0 Å². The van der Waals surface area contributed by atoms with E-state index in [0.29, 0.717) is 6.42 Å². The van der Waals surface area contributed by atoms with E-state index < -0.39 is 10.1 Å². The van der Waals surface area contributed by atoms with Gasteiger partial charge in [0.1, 0.15) is 0 Å². The van der Waals surface area contributed by atoms with Crippen LogP contribution >= 0.6 is 0 Å². The Balaban J connectivity index is 3.03. The highest BCUT2D eigenvalue weighted by molar-refractivity contribution is 7.85. The predicted octanol–water partition coefficient (Wildman–Crippen LogP) is 8.09. The molecule has 0 atom stereocenters. The fourth-order valence-electron chi connectivity index (χ4n) is 3.72. The minimum Gasteiger partial charge on any atom is -0.286 e. The molecule has 0 saturated heterocycles. The second-order valence-electron chi connectivity index (χ2n) is 8.36. The van der Waals surface area contributed by atoms with Gasteiger partial charge in [0.2, 0.25) is 0 Å². The molecule has 0 amide bonds. The number of rotatable bonds is 22. The normalized spacial score (nSPS) is 11.9. The van der Waals surface area contributed by atoms with Gasteiger partial charge < -0.3 is 0 Å². The fourth-order valence-corrected chi connectivity index (χ4v) is 4.29.